The summed E-state index contributed by atoms with van der Waals surface area (Å²) in [6.45, 7) is 6.19. The van der Waals surface area contributed by atoms with Crippen LogP contribution in [0, 0.1) is 0 Å². The molecule has 21 heavy (non-hydrogen) atoms. The van der Waals surface area contributed by atoms with E-state index in [-0.39, 0.29) is 23.1 Å². The Morgan fingerprint density at radius 2 is 1.95 bits per heavy atom. The lowest BCUT2D eigenvalue weighted by molar-refractivity contribution is -0.111. The van der Waals surface area contributed by atoms with E-state index in [1.165, 1.54) is 0 Å². The number of methoxy groups -OCH3 is 1. The van der Waals surface area contributed by atoms with Gasteiger partial charge in [0, 0.05) is 45.0 Å². The maximum atomic E-state index is 11.6. The monoisotopic (exact) mass is 321 g/mol. The van der Waals surface area contributed by atoms with Crippen molar-refractivity contribution < 1.29 is 17.9 Å². The summed E-state index contributed by atoms with van der Waals surface area (Å²) in [4.78, 5) is 0. The van der Waals surface area contributed by atoms with Gasteiger partial charge < -0.3 is 14.8 Å². The fraction of sp³-hybridized carbons (Fsp3) is 1.00. The topological polar surface area (TPSA) is 64.6 Å². The number of hydrogen-bond donors (Lipinski definition) is 1. The van der Waals surface area contributed by atoms with Crippen LogP contribution in [0.2, 0.25) is 0 Å². The number of rotatable bonds is 10. The van der Waals surface area contributed by atoms with E-state index in [0.29, 0.717) is 19.6 Å². The molecule has 0 saturated carbocycles. The standard InChI is InChI=1S/C15H31NO4S/c1-4-10-16-14(7-6-13-21(17,18)5-2)15(19-3)8-11-20-12-9-15/h14,16H,4-13H2,1-3H3. The summed E-state index contributed by atoms with van der Waals surface area (Å²) in [5.41, 5.74) is -0.219. The van der Waals surface area contributed by atoms with E-state index in [0.717, 1.165) is 32.2 Å². The van der Waals surface area contributed by atoms with E-state index in [1.54, 1.807) is 14.0 Å². The van der Waals surface area contributed by atoms with Crippen LogP contribution < -0.4 is 5.32 Å². The zero-order valence-corrected chi connectivity index (χ0v) is 14.5. The molecular formula is C15H31NO4S. The van der Waals surface area contributed by atoms with Gasteiger partial charge in [0.25, 0.3) is 0 Å². The average Bonchev–Trinajstić information content (AvgIpc) is 2.51. The molecule has 1 saturated heterocycles. The lowest BCUT2D eigenvalue weighted by atomic mass is 9.83. The molecule has 1 aliphatic rings. The molecule has 1 rings (SSSR count). The van der Waals surface area contributed by atoms with Crippen LogP contribution in [0.1, 0.15) is 46.0 Å². The Morgan fingerprint density at radius 3 is 2.48 bits per heavy atom. The van der Waals surface area contributed by atoms with Crippen LogP contribution in [0.3, 0.4) is 0 Å². The van der Waals surface area contributed by atoms with Crippen molar-refractivity contribution in [3.63, 3.8) is 0 Å². The van der Waals surface area contributed by atoms with Crippen LogP contribution in [0.5, 0.6) is 0 Å². The fourth-order valence-corrected chi connectivity index (χ4v) is 3.83. The van der Waals surface area contributed by atoms with Gasteiger partial charge in [-0.25, -0.2) is 8.42 Å². The molecule has 0 aromatic carbocycles. The van der Waals surface area contributed by atoms with Crippen molar-refractivity contribution in [1.82, 2.24) is 5.32 Å². The van der Waals surface area contributed by atoms with Crippen LogP contribution in [0.15, 0.2) is 0 Å². The van der Waals surface area contributed by atoms with Crippen molar-refractivity contribution in [2.75, 3.05) is 38.4 Å². The third-order valence-electron chi connectivity index (χ3n) is 4.41. The quantitative estimate of drug-likeness (QED) is 0.664. The van der Waals surface area contributed by atoms with Crippen molar-refractivity contribution in [2.24, 2.45) is 0 Å². The molecule has 0 radical (unpaired) electrons. The van der Waals surface area contributed by atoms with Crippen molar-refractivity contribution in [2.45, 2.75) is 57.6 Å². The number of sulfone groups is 1. The average molecular weight is 321 g/mol. The second-order valence-electron chi connectivity index (χ2n) is 5.77. The highest BCUT2D eigenvalue weighted by Crippen LogP contribution is 2.30. The Kier molecular flexibility index (Phi) is 8.16. The summed E-state index contributed by atoms with van der Waals surface area (Å²) in [6, 6.07) is 0.193. The molecule has 1 heterocycles. The predicted molar refractivity (Wildman–Crippen MR) is 85.4 cm³/mol. The van der Waals surface area contributed by atoms with Gasteiger partial charge in [0.2, 0.25) is 0 Å². The zero-order chi connectivity index (χ0) is 15.8. The second-order valence-corrected chi connectivity index (χ2v) is 8.24. The minimum atomic E-state index is -2.89. The van der Waals surface area contributed by atoms with Crippen molar-refractivity contribution >= 4 is 9.84 Å². The first-order valence-electron chi connectivity index (χ1n) is 8.06. The molecular weight excluding hydrogens is 290 g/mol. The fourth-order valence-electron chi connectivity index (χ4n) is 2.93. The second kappa shape index (κ2) is 9.08. The summed E-state index contributed by atoms with van der Waals surface area (Å²) in [7, 11) is -1.13. The third-order valence-corrected chi connectivity index (χ3v) is 6.20. The molecule has 1 aliphatic heterocycles. The first-order chi connectivity index (χ1) is 9.99. The molecule has 0 spiro atoms. The Balaban J connectivity index is 2.65. The first-order valence-corrected chi connectivity index (χ1v) is 9.88. The van der Waals surface area contributed by atoms with Gasteiger partial charge in [-0.1, -0.05) is 13.8 Å². The van der Waals surface area contributed by atoms with Gasteiger partial charge in [-0.05, 0) is 25.8 Å². The van der Waals surface area contributed by atoms with Gasteiger partial charge in [0.1, 0.15) is 9.84 Å². The van der Waals surface area contributed by atoms with Gasteiger partial charge in [-0.15, -0.1) is 0 Å². The summed E-state index contributed by atoms with van der Waals surface area (Å²) >= 11 is 0. The largest absolute Gasteiger partial charge is 0.381 e. The van der Waals surface area contributed by atoms with Crippen LogP contribution in [-0.2, 0) is 19.3 Å². The van der Waals surface area contributed by atoms with Crippen molar-refractivity contribution in [3.05, 3.63) is 0 Å². The number of nitrogens with one attached hydrogen (secondary N) is 1. The molecule has 0 amide bonds. The van der Waals surface area contributed by atoms with Gasteiger partial charge in [0.15, 0.2) is 0 Å². The highest BCUT2D eigenvalue weighted by Gasteiger charge is 2.40. The normalized spacial score (nSPS) is 20.3. The molecule has 0 aliphatic carbocycles. The Morgan fingerprint density at radius 1 is 1.29 bits per heavy atom. The molecule has 0 aromatic rings. The third kappa shape index (κ3) is 5.85. The predicted octanol–water partition coefficient (Wildman–Crippen LogP) is 1.77. The maximum Gasteiger partial charge on any atom is 0.150 e. The Bertz CT molecular complexity index is 377. The van der Waals surface area contributed by atoms with E-state index in [9.17, 15) is 8.42 Å². The Labute approximate surface area is 129 Å². The molecule has 1 N–H and O–H groups in total. The lowest BCUT2D eigenvalue weighted by Crippen LogP contribution is -2.55. The molecule has 0 aromatic heterocycles. The van der Waals surface area contributed by atoms with Gasteiger partial charge >= 0.3 is 0 Å². The zero-order valence-electron chi connectivity index (χ0n) is 13.7. The minimum Gasteiger partial charge on any atom is -0.381 e. The van der Waals surface area contributed by atoms with Crippen LogP contribution in [0.4, 0.5) is 0 Å². The maximum absolute atomic E-state index is 11.6. The molecule has 126 valence electrons. The van der Waals surface area contributed by atoms with Crippen molar-refractivity contribution in [1.29, 1.82) is 0 Å². The number of ether oxygens (including phenoxy) is 2. The molecule has 1 atom stereocenters. The van der Waals surface area contributed by atoms with Gasteiger partial charge in [-0.3, -0.25) is 0 Å². The lowest BCUT2D eigenvalue weighted by Gasteiger charge is -2.43. The van der Waals surface area contributed by atoms with E-state index in [4.69, 9.17) is 9.47 Å². The van der Waals surface area contributed by atoms with E-state index in [1.807, 2.05) is 0 Å². The van der Waals surface area contributed by atoms with E-state index < -0.39 is 9.84 Å². The SMILES string of the molecule is CCCNC(CCCS(=O)(=O)CC)C1(OC)CCOCC1. The molecule has 0 bridgehead atoms. The summed E-state index contributed by atoms with van der Waals surface area (Å²) in [5, 5.41) is 3.56. The van der Waals surface area contributed by atoms with Crippen LogP contribution in [0.25, 0.3) is 0 Å². The number of hydrogen-bond acceptors (Lipinski definition) is 5. The summed E-state index contributed by atoms with van der Waals surface area (Å²) < 4.78 is 34.6. The highest BCUT2D eigenvalue weighted by molar-refractivity contribution is 7.91. The molecule has 6 heteroatoms. The first kappa shape index (κ1) is 18.9. The van der Waals surface area contributed by atoms with Crippen LogP contribution in [-0.4, -0.2) is 58.4 Å². The van der Waals surface area contributed by atoms with Gasteiger partial charge in [0.05, 0.1) is 11.4 Å². The smallest absolute Gasteiger partial charge is 0.150 e. The van der Waals surface area contributed by atoms with Crippen molar-refractivity contribution in [3.8, 4) is 0 Å². The highest BCUT2D eigenvalue weighted by atomic mass is 32.2. The Hall–Kier alpha value is -0.170. The van der Waals surface area contributed by atoms with E-state index in [2.05, 4.69) is 12.2 Å². The molecule has 1 unspecified atom stereocenters. The minimum absolute atomic E-state index is 0.193. The molecule has 1 fully saturated rings. The molecule has 5 nitrogen and oxygen atoms in total. The van der Waals surface area contributed by atoms with Crippen LogP contribution >= 0.6 is 0 Å². The summed E-state index contributed by atoms with van der Waals surface area (Å²) in [6.07, 6.45) is 4.30. The van der Waals surface area contributed by atoms with E-state index >= 15 is 0 Å². The summed E-state index contributed by atoms with van der Waals surface area (Å²) in [5.74, 6) is 0.493. The van der Waals surface area contributed by atoms with Gasteiger partial charge in [-0.2, -0.15) is 0 Å².